The van der Waals surface area contributed by atoms with E-state index in [1.807, 2.05) is 6.92 Å². The maximum atomic E-state index is 13.8. The maximum absolute atomic E-state index is 13.8. The van der Waals surface area contributed by atoms with Gasteiger partial charge in [-0.15, -0.1) is 5.10 Å². The van der Waals surface area contributed by atoms with Crippen molar-refractivity contribution in [2.45, 2.75) is 24.5 Å². The summed E-state index contributed by atoms with van der Waals surface area (Å²) in [6.07, 6.45) is 0.477. The third-order valence-corrected chi connectivity index (χ3v) is 6.81. The van der Waals surface area contributed by atoms with E-state index in [0.29, 0.717) is 29.5 Å². The Morgan fingerprint density at radius 1 is 1.42 bits per heavy atom. The quantitative estimate of drug-likeness (QED) is 0.745. The predicted molar refractivity (Wildman–Crippen MR) is 96.9 cm³/mol. The van der Waals surface area contributed by atoms with Crippen LogP contribution < -0.4 is 0 Å². The molecule has 7 nitrogen and oxygen atoms in total. The van der Waals surface area contributed by atoms with Crippen molar-refractivity contribution in [2.24, 2.45) is 0 Å². The summed E-state index contributed by atoms with van der Waals surface area (Å²) in [4.78, 5) is 18.3. The third-order valence-electron chi connectivity index (χ3n) is 4.23. The number of rotatable bonds is 6. The van der Waals surface area contributed by atoms with Crippen molar-refractivity contribution in [2.75, 3.05) is 23.8 Å². The van der Waals surface area contributed by atoms with Crippen LogP contribution in [0, 0.1) is 5.82 Å². The highest BCUT2D eigenvalue weighted by molar-refractivity contribution is 7.99. The zero-order valence-electron chi connectivity index (χ0n) is 14.2. The first-order chi connectivity index (χ1) is 12.4. The van der Waals surface area contributed by atoms with E-state index in [-0.39, 0.29) is 29.2 Å². The van der Waals surface area contributed by atoms with Crippen LogP contribution in [0.5, 0.6) is 0 Å². The van der Waals surface area contributed by atoms with Gasteiger partial charge in [0, 0.05) is 12.6 Å². The van der Waals surface area contributed by atoms with Gasteiger partial charge in [0.15, 0.2) is 15.7 Å². The highest BCUT2D eigenvalue weighted by atomic mass is 32.2. The second-order valence-electron chi connectivity index (χ2n) is 5.97. The normalized spacial score (nSPS) is 18.8. The summed E-state index contributed by atoms with van der Waals surface area (Å²) in [6.45, 7) is 2.28. The number of carbonyl (C=O) groups is 1. The SMILES string of the molecule is CCN(C(=O)CSc1n[nH]c(-c2ccccc2F)n1)[C@H]1CCS(=O)(=O)C1. The van der Waals surface area contributed by atoms with Crippen LogP contribution >= 0.6 is 11.8 Å². The summed E-state index contributed by atoms with van der Waals surface area (Å²) in [5.74, 6) is -0.0181. The minimum Gasteiger partial charge on any atom is -0.338 e. The van der Waals surface area contributed by atoms with Gasteiger partial charge < -0.3 is 4.90 Å². The van der Waals surface area contributed by atoms with Gasteiger partial charge in [0.25, 0.3) is 0 Å². The van der Waals surface area contributed by atoms with Crippen LogP contribution in [0.4, 0.5) is 4.39 Å². The Kier molecular flexibility index (Phi) is 5.61. The van der Waals surface area contributed by atoms with Crippen LogP contribution in [0.1, 0.15) is 13.3 Å². The monoisotopic (exact) mass is 398 g/mol. The zero-order valence-corrected chi connectivity index (χ0v) is 15.8. The number of hydrogen-bond acceptors (Lipinski definition) is 6. The minimum atomic E-state index is -3.05. The number of hydrogen-bond donors (Lipinski definition) is 1. The molecular formula is C16H19FN4O3S2. The fourth-order valence-electron chi connectivity index (χ4n) is 2.95. The Hall–Kier alpha value is -1.94. The predicted octanol–water partition coefficient (Wildman–Crippen LogP) is 1.74. The topological polar surface area (TPSA) is 96.0 Å². The van der Waals surface area contributed by atoms with Crippen LogP contribution in [0.3, 0.4) is 0 Å². The molecule has 10 heteroatoms. The summed E-state index contributed by atoms with van der Waals surface area (Å²) < 4.78 is 37.0. The van der Waals surface area contributed by atoms with Crippen LogP contribution in [0.15, 0.2) is 29.4 Å². The lowest BCUT2D eigenvalue weighted by Crippen LogP contribution is -2.41. The van der Waals surface area contributed by atoms with Crippen LogP contribution in [-0.2, 0) is 14.6 Å². The Morgan fingerprint density at radius 2 is 2.19 bits per heavy atom. The molecular weight excluding hydrogens is 379 g/mol. The number of benzene rings is 1. The molecule has 0 bridgehead atoms. The summed E-state index contributed by atoms with van der Waals surface area (Å²) in [5, 5.41) is 7.01. The Bertz CT molecular complexity index is 900. The van der Waals surface area contributed by atoms with Gasteiger partial charge in [-0.3, -0.25) is 9.89 Å². The smallest absolute Gasteiger partial charge is 0.233 e. The van der Waals surface area contributed by atoms with Crippen molar-refractivity contribution in [3.63, 3.8) is 0 Å². The molecule has 1 aromatic heterocycles. The second kappa shape index (κ2) is 7.75. The minimum absolute atomic E-state index is 0.0231. The first-order valence-corrected chi connectivity index (χ1v) is 11.0. The molecule has 2 aromatic rings. The van der Waals surface area contributed by atoms with Crippen LogP contribution in [-0.4, -0.2) is 64.3 Å². The standard InChI is InChI=1S/C16H19FN4O3S2/c1-2-21(11-7-8-26(23,24)10-11)14(22)9-25-16-18-15(19-20-16)12-5-3-4-6-13(12)17/h3-6,11H,2,7-10H2,1H3,(H,18,19,20)/t11-/m0/s1. The molecule has 140 valence electrons. The average molecular weight is 398 g/mol. The van der Waals surface area contributed by atoms with E-state index in [0.717, 1.165) is 11.8 Å². The Morgan fingerprint density at radius 3 is 2.85 bits per heavy atom. The fraction of sp³-hybridized carbons (Fsp3) is 0.438. The molecule has 1 amide bonds. The maximum Gasteiger partial charge on any atom is 0.233 e. The van der Waals surface area contributed by atoms with E-state index in [2.05, 4.69) is 15.2 Å². The molecule has 26 heavy (non-hydrogen) atoms. The van der Waals surface area contributed by atoms with E-state index in [1.165, 1.54) is 6.07 Å². The summed E-state index contributed by atoms with van der Waals surface area (Å²) in [7, 11) is -3.05. The molecule has 0 spiro atoms. The van der Waals surface area contributed by atoms with Gasteiger partial charge in [-0.2, -0.15) is 0 Å². The van der Waals surface area contributed by atoms with Crippen molar-refractivity contribution in [3.05, 3.63) is 30.1 Å². The number of nitrogens with zero attached hydrogens (tertiary/aromatic N) is 3. The molecule has 1 atom stereocenters. The molecule has 1 aliphatic rings. The van der Waals surface area contributed by atoms with Gasteiger partial charge in [-0.05, 0) is 25.5 Å². The molecule has 0 unspecified atom stereocenters. The highest BCUT2D eigenvalue weighted by Gasteiger charge is 2.33. The van der Waals surface area contributed by atoms with Crippen LogP contribution in [0.25, 0.3) is 11.4 Å². The number of sulfone groups is 1. The summed E-state index contributed by atoms with van der Waals surface area (Å²) in [6, 6.07) is 5.95. The first-order valence-electron chi connectivity index (χ1n) is 8.19. The number of aromatic amines is 1. The van der Waals surface area contributed by atoms with Crippen molar-refractivity contribution in [1.29, 1.82) is 0 Å². The molecule has 1 N–H and O–H groups in total. The molecule has 2 heterocycles. The molecule has 0 radical (unpaired) electrons. The fourth-order valence-corrected chi connectivity index (χ4v) is 5.37. The Labute approximate surface area is 155 Å². The molecule has 1 saturated heterocycles. The number of halogens is 1. The molecule has 3 rings (SSSR count). The third kappa shape index (κ3) is 4.24. The largest absolute Gasteiger partial charge is 0.338 e. The Balaban J connectivity index is 1.62. The van der Waals surface area contributed by atoms with E-state index in [4.69, 9.17) is 0 Å². The molecule has 0 saturated carbocycles. The lowest BCUT2D eigenvalue weighted by Gasteiger charge is -2.26. The van der Waals surface area contributed by atoms with Gasteiger partial charge in [-0.1, -0.05) is 23.9 Å². The van der Waals surface area contributed by atoms with Gasteiger partial charge in [-0.25, -0.2) is 17.8 Å². The van der Waals surface area contributed by atoms with E-state index >= 15 is 0 Å². The number of H-pyrrole nitrogens is 1. The molecule has 1 fully saturated rings. The first kappa shape index (κ1) is 18.8. The van der Waals surface area contributed by atoms with Crippen molar-refractivity contribution >= 4 is 27.5 Å². The number of aromatic nitrogens is 3. The molecule has 1 aromatic carbocycles. The summed E-state index contributed by atoms with van der Waals surface area (Å²) in [5.41, 5.74) is 0.310. The van der Waals surface area contributed by atoms with E-state index < -0.39 is 15.7 Å². The second-order valence-corrected chi connectivity index (χ2v) is 9.14. The summed E-state index contributed by atoms with van der Waals surface area (Å²) >= 11 is 1.14. The lowest BCUT2D eigenvalue weighted by atomic mass is 10.2. The van der Waals surface area contributed by atoms with E-state index in [9.17, 15) is 17.6 Å². The zero-order chi connectivity index (χ0) is 18.7. The van der Waals surface area contributed by atoms with E-state index in [1.54, 1.807) is 23.1 Å². The van der Waals surface area contributed by atoms with Gasteiger partial charge in [0.2, 0.25) is 11.1 Å². The van der Waals surface area contributed by atoms with Gasteiger partial charge in [0.05, 0.1) is 22.8 Å². The van der Waals surface area contributed by atoms with Crippen molar-refractivity contribution < 1.29 is 17.6 Å². The number of amides is 1. The van der Waals surface area contributed by atoms with Crippen LogP contribution in [0.2, 0.25) is 0 Å². The number of carbonyl (C=O) groups excluding carboxylic acids is 1. The van der Waals surface area contributed by atoms with Gasteiger partial charge in [0.1, 0.15) is 5.82 Å². The van der Waals surface area contributed by atoms with Crippen molar-refractivity contribution in [3.8, 4) is 11.4 Å². The number of thioether (sulfide) groups is 1. The van der Waals surface area contributed by atoms with Crippen molar-refractivity contribution in [1.82, 2.24) is 20.1 Å². The highest BCUT2D eigenvalue weighted by Crippen LogP contribution is 2.23. The molecule has 0 aliphatic carbocycles. The number of nitrogens with one attached hydrogen (secondary N) is 1. The molecule has 1 aliphatic heterocycles. The average Bonchev–Trinajstić information content (AvgIpc) is 3.21. The van der Waals surface area contributed by atoms with Gasteiger partial charge >= 0.3 is 0 Å². The lowest BCUT2D eigenvalue weighted by molar-refractivity contribution is -0.129.